The lowest BCUT2D eigenvalue weighted by molar-refractivity contribution is -0.161. The molecule has 0 saturated carbocycles. The molecule has 0 saturated heterocycles. The fourth-order valence-corrected chi connectivity index (χ4v) is 5.65. The van der Waals surface area contributed by atoms with Gasteiger partial charge in [-0.2, -0.15) is 0 Å². The Balaban J connectivity index is 4.41. The topological polar surface area (TPSA) is 149 Å². The zero-order valence-corrected chi connectivity index (χ0v) is 31.1. The van der Waals surface area contributed by atoms with Gasteiger partial charge in [0, 0.05) is 12.8 Å². The quantitative estimate of drug-likeness (QED) is 0.0252. The van der Waals surface area contributed by atoms with E-state index in [0.717, 1.165) is 77.0 Å². The molecule has 0 rings (SSSR count). The van der Waals surface area contributed by atoms with E-state index in [0.29, 0.717) is 12.8 Å². The molecule has 0 aliphatic rings. The fraction of sp³-hybridized carbons (Fsp3) is 0.838. The molecule has 0 radical (unpaired) electrons. The highest BCUT2D eigenvalue weighted by Gasteiger charge is 2.27. The van der Waals surface area contributed by atoms with Gasteiger partial charge in [-0.1, -0.05) is 109 Å². The molecule has 0 aliphatic carbocycles. The molecular formula is C37H69O10P. The summed E-state index contributed by atoms with van der Waals surface area (Å²) in [6, 6.07) is 0. The van der Waals surface area contributed by atoms with E-state index in [9.17, 15) is 24.2 Å². The number of phosphoric ester groups is 1. The Labute approximate surface area is 291 Å². The van der Waals surface area contributed by atoms with Gasteiger partial charge in [0.2, 0.25) is 0 Å². The minimum Gasteiger partial charge on any atom is -0.462 e. The smallest absolute Gasteiger partial charge is 0.462 e. The van der Waals surface area contributed by atoms with Crippen molar-refractivity contribution in [3.8, 4) is 0 Å². The number of hydrogen-bond donors (Lipinski definition) is 3. The summed E-state index contributed by atoms with van der Waals surface area (Å²) in [7, 11) is -4.61. The van der Waals surface area contributed by atoms with Crippen LogP contribution in [-0.2, 0) is 32.7 Å². The highest BCUT2D eigenvalue weighted by atomic mass is 31.2. The molecule has 0 heterocycles. The first kappa shape index (κ1) is 46.5. The maximum Gasteiger partial charge on any atom is 0.472 e. The van der Waals surface area contributed by atoms with Gasteiger partial charge in [-0.3, -0.25) is 18.6 Å². The zero-order chi connectivity index (χ0) is 35.6. The molecule has 3 N–H and O–H groups in total. The van der Waals surface area contributed by atoms with Crippen LogP contribution in [0.15, 0.2) is 24.3 Å². The predicted molar refractivity (Wildman–Crippen MR) is 191 cm³/mol. The summed E-state index contributed by atoms with van der Waals surface area (Å²) >= 11 is 0. The fourth-order valence-electron chi connectivity index (χ4n) is 4.86. The van der Waals surface area contributed by atoms with Crippen molar-refractivity contribution in [3.63, 3.8) is 0 Å². The molecule has 48 heavy (non-hydrogen) atoms. The molecule has 0 aliphatic heterocycles. The third kappa shape index (κ3) is 33.0. The highest BCUT2D eigenvalue weighted by molar-refractivity contribution is 7.47. The number of rotatable bonds is 35. The Morgan fingerprint density at radius 1 is 0.604 bits per heavy atom. The number of allylic oxidation sites excluding steroid dienone is 4. The molecule has 3 atom stereocenters. The van der Waals surface area contributed by atoms with Crippen molar-refractivity contribution in [1.82, 2.24) is 0 Å². The Bertz CT molecular complexity index is 863. The average Bonchev–Trinajstić information content (AvgIpc) is 3.07. The van der Waals surface area contributed by atoms with E-state index < -0.39 is 51.8 Å². The number of phosphoric acid groups is 1. The summed E-state index contributed by atoms with van der Waals surface area (Å²) < 4.78 is 32.5. The third-order valence-electron chi connectivity index (χ3n) is 7.83. The van der Waals surface area contributed by atoms with E-state index in [1.807, 2.05) is 0 Å². The van der Waals surface area contributed by atoms with Crippen LogP contribution >= 0.6 is 7.82 Å². The van der Waals surface area contributed by atoms with Crippen molar-refractivity contribution < 1.29 is 47.8 Å². The van der Waals surface area contributed by atoms with Crippen molar-refractivity contribution in [2.45, 2.75) is 174 Å². The summed E-state index contributed by atoms with van der Waals surface area (Å²) in [6.07, 6.45) is 30.0. The number of esters is 2. The zero-order valence-electron chi connectivity index (χ0n) is 30.2. The van der Waals surface area contributed by atoms with Crippen LogP contribution < -0.4 is 0 Å². The van der Waals surface area contributed by atoms with Crippen LogP contribution in [0.25, 0.3) is 0 Å². The van der Waals surface area contributed by atoms with E-state index in [4.69, 9.17) is 19.1 Å². The Morgan fingerprint density at radius 3 is 1.54 bits per heavy atom. The van der Waals surface area contributed by atoms with Crippen LogP contribution in [0.2, 0.25) is 0 Å². The number of carbonyl (C=O) groups excluding carboxylic acids is 2. The van der Waals surface area contributed by atoms with Crippen LogP contribution in [-0.4, -0.2) is 65.7 Å². The largest absolute Gasteiger partial charge is 0.472 e. The van der Waals surface area contributed by atoms with E-state index in [1.54, 1.807) is 0 Å². The first-order chi connectivity index (χ1) is 23.2. The molecule has 0 bridgehead atoms. The van der Waals surface area contributed by atoms with Crippen molar-refractivity contribution in [2.24, 2.45) is 0 Å². The maximum atomic E-state index is 12.5. The van der Waals surface area contributed by atoms with Gasteiger partial charge in [0.05, 0.1) is 19.8 Å². The van der Waals surface area contributed by atoms with E-state index >= 15 is 0 Å². The highest BCUT2D eigenvalue weighted by Crippen LogP contribution is 2.43. The summed E-state index contributed by atoms with van der Waals surface area (Å²) in [6.45, 7) is 2.30. The summed E-state index contributed by atoms with van der Waals surface area (Å²) in [5.74, 6) is -0.947. The molecule has 1 unspecified atom stereocenters. The van der Waals surface area contributed by atoms with Gasteiger partial charge in [-0.25, -0.2) is 4.57 Å². The second-order valence-corrected chi connectivity index (χ2v) is 14.0. The van der Waals surface area contributed by atoms with Gasteiger partial charge < -0.3 is 24.6 Å². The van der Waals surface area contributed by atoms with Crippen LogP contribution in [0.4, 0.5) is 0 Å². The normalized spacial score (nSPS) is 14.4. The molecule has 0 spiro atoms. The maximum absolute atomic E-state index is 12.5. The number of aliphatic hydroxyl groups excluding tert-OH is 2. The molecule has 0 aromatic carbocycles. The van der Waals surface area contributed by atoms with Gasteiger partial charge in [-0.05, 0) is 64.2 Å². The minimum atomic E-state index is -4.61. The summed E-state index contributed by atoms with van der Waals surface area (Å²) in [5.41, 5.74) is 0. The first-order valence-corrected chi connectivity index (χ1v) is 20.3. The lowest BCUT2D eigenvalue weighted by atomic mass is 10.1. The van der Waals surface area contributed by atoms with Crippen LogP contribution in [0.1, 0.15) is 162 Å². The number of unbranched alkanes of at least 4 members (excludes halogenated alkanes) is 17. The molecule has 10 nitrogen and oxygen atoms in total. The first-order valence-electron chi connectivity index (χ1n) is 18.8. The standard InChI is InChI=1S/C37H69O10P/c1-3-5-7-9-11-13-15-17-19-21-23-25-27-29-37(41)47-35(33-46-48(42,43)45-31-34(39)30-38)32-44-36(40)28-26-24-22-20-18-16-14-12-10-8-6-4-2/h12-15,34-35,38-39H,3-11,16-33H2,1-2H3,(H,42,43)/b14-12+,15-13+/t34-,35+/m0/s1. The van der Waals surface area contributed by atoms with Crippen molar-refractivity contribution in [1.29, 1.82) is 0 Å². The minimum absolute atomic E-state index is 0.173. The number of ether oxygens (including phenoxy) is 2. The SMILES string of the molecule is CCCCC/C=C/CCCCCCCC(=O)OC[C@H](COP(=O)(O)OC[C@@H](O)CO)OC(=O)CCCCCCC/C=C/CCCCCC. The summed E-state index contributed by atoms with van der Waals surface area (Å²) in [5, 5.41) is 18.2. The monoisotopic (exact) mass is 704 g/mol. The van der Waals surface area contributed by atoms with Crippen molar-refractivity contribution in [2.75, 3.05) is 26.4 Å². The van der Waals surface area contributed by atoms with Gasteiger partial charge in [0.1, 0.15) is 12.7 Å². The van der Waals surface area contributed by atoms with Crippen LogP contribution in [0, 0.1) is 0 Å². The number of hydrogen-bond acceptors (Lipinski definition) is 9. The summed E-state index contributed by atoms with van der Waals surface area (Å²) in [4.78, 5) is 34.8. The van der Waals surface area contributed by atoms with E-state index in [1.165, 1.54) is 44.9 Å². The lowest BCUT2D eigenvalue weighted by Gasteiger charge is -2.20. The molecule has 0 amide bonds. The van der Waals surface area contributed by atoms with Crippen LogP contribution in [0.5, 0.6) is 0 Å². The molecule has 11 heteroatoms. The lowest BCUT2D eigenvalue weighted by Crippen LogP contribution is -2.29. The number of aliphatic hydroxyl groups is 2. The van der Waals surface area contributed by atoms with E-state index in [-0.39, 0.29) is 19.4 Å². The Morgan fingerprint density at radius 2 is 1.02 bits per heavy atom. The second kappa shape index (κ2) is 33.9. The van der Waals surface area contributed by atoms with Gasteiger partial charge in [-0.15, -0.1) is 0 Å². The van der Waals surface area contributed by atoms with E-state index in [2.05, 4.69) is 42.7 Å². The van der Waals surface area contributed by atoms with Gasteiger partial charge in [0.25, 0.3) is 0 Å². The Kier molecular flexibility index (Phi) is 32.8. The predicted octanol–water partition coefficient (Wildman–Crippen LogP) is 9.05. The van der Waals surface area contributed by atoms with Gasteiger partial charge in [0.15, 0.2) is 6.10 Å². The molecule has 282 valence electrons. The van der Waals surface area contributed by atoms with Crippen molar-refractivity contribution >= 4 is 19.8 Å². The molecule has 0 fully saturated rings. The average molecular weight is 705 g/mol. The van der Waals surface area contributed by atoms with Crippen molar-refractivity contribution in [3.05, 3.63) is 24.3 Å². The molecule has 0 aromatic rings. The number of carbonyl (C=O) groups is 2. The second-order valence-electron chi connectivity index (χ2n) is 12.6. The molecular weight excluding hydrogens is 635 g/mol. The Hall–Kier alpha value is -1.55. The van der Waals surface area contributed by atoms with Gasteiger partial charge >= 0.3 is 19.8 Å². The van der Waals surface area contributed by atoms with Crippen LogP contribution in [0.3, 0.4) is 0 Å². The molecule has 0 aromatic heterocycles. The third-order valence-corrected chi connectivity index (χ3v) is 8.78.